The second-order valence-corrected chi connectivity index (χ2v) is 5.77. The molecule has 2 aliphatic rings. The number of nitrogens with zero attached hydrogens (tertiary/aromatic N) is 3. The van der Waals surface area contributed by atoms with Crippen LogP contribution in [-0.2, 0) is 11.2 Å². The molecule has 4 nitrogen and oxygen atoms in total. The predicted molar refractivity (Wildman–Crippen MR) is 74.0 cm³/mol. The Hall–Kier alpha value is -1.45. The molecule has 0 aromatic carbocycles. The lowest BCUT2D eigenvalue weighted by atomic mass is 9.88. The minimum absolute atomic E-state index is 0.233. The number of anilines is 1. The van der Waals surface area contributed by atoms with Crippen molar-refractivity contribution in [2.45, 2.75) is 51.9 Å². The van der Waals surface area contributed by atoms with Gasteiger partial charge in [-0.3, -0.25) is 9.69 Å². The summed E-state index contributed by atoms with van der Waals surface area (Å²) in [4.78, 5) is 22.7. The van der Waals surface area contributed by atoms with Crippen LogP contribution in [0.25, 0.3) is 0 Å². The molecule has 2 heterocycles. The Balaban J connectivity index is 1.84. The van der Waals surface area contributed by atoms with Crippen molar-refractivity contribution in [3.8, 4) is 0 Å². The quantitative estimate of drug-likeness (QED) is 0.820. The Kier molecular flexibility index (Phi) is 3.49. The molecule has 0 atom stereocenters. The second-order valence-electron chi connectivity index (χ2n) is 5.77. The van der Waals surface area contributed by atoms with Crippen LogP contribution in [0.5, 0.6) is 0 Å². The monoisotopic (exact) mass is 259 g/mol. The van der Waals surface area contributed by atoms with Gasteiger partial charge in [0.15, 0.2) is 0 Å². The molecular formula is C15H21N3O. The molecule has 3 rings (SSSR count). The van der Waals surface area contributed by atoms with Crippen molar-refractivity contribution in [3.05, 3.63) is 17.6 Å². The Bertz CT molecular complexity index is 480. The van der Waals surface area contributed by atoms with Crippen molar-refractivity contribution in [2.24, 2.45) is 5.92 Å². The number of rotatable bonds is 2. The van der Waals surface area contributed by atoms with Crippen molar-refractivity contribution < 1.29 is 4.79 Å². The Labute approximate surface area is 114 Å². The van der Waals surface area contributed by atoms with Crippen LogP contribution in [0.3, 0.4) is 0 Å². The first-order valence-electron chi connectivity index (χ1n) is 7.36. The molecule has 0 bridgehead atoms. The van der Waals surface area contributed by atoms with Gasteiger partial charge in [0.1, 0.15) is 12.1 Å². The summed E-state index contributed by atoms with van der Waals surface area (Å²) in [6, 6.07) is 0. The van der Waals surface area contributed by atoms with Crippen molar-refractivity contribution in [2.75, 3.05) is 11.4 Å². The topological polar surface area (TPSA) is 46.1 Å². The van der Waals surface area contributed by atoms with Crippen molar-refractivity contribution in [1.82, 2.24) is 9.97 Å². The maximum Gasteiger partial charge on any atom is 0.228 e. The molecule has 1 saturated carbocycles. The molecule has 0 unspecified atom stereocenters. The first-order chi connectivity index (χ1) is 9.25. The normalized spacial score (nSPS) is 20.5. The molecule has 1 aromatic rings. The number of aryl methyl sites for hydroxylation is 1. The number of carbonyl (C=O) groups is 1. The summed E-state index contributed by atoms with van der Waals surface area (Å²) in [7, 11) is 0. The van der Waals surface area contributed by atoms with Gasteiger partial charge in [0.25, 0.3) is 0 Å². The molecule has 0 spiro atoms. The third-order valence-electron chi connectivity index (χ3n) is 4.45. The summed E-state index contributed by atoms with van der Waals surface area (Å²) >= 11 is 0. The molecule has 0 radical (unpaired) electrons. The van der Waals surface area contributed by atoms with Crippen LogP contribution in [0, 0.1) is 12.8 Å². The molecular weight excluding hydrogens is 238 g/mol. The zero-order valence-electron chi connectivity index (χ0n) is 11.6. The van der Waals surface area contributed by atoms with Crippen LogP contribution in [0.1, 0.15) is 49.8 Å². The minimum Gasteiger partial charge on any atom is -0.296 e. The molecule has 1 fully saturated rings. The first kappa shape index (κ1) is 12.6. The Morgan fingerprint density at radius 2 is 2.00 bits per heavy atom. The number of carbonyl (C=O) groups excluding carboxylic acids is 1. The molecule has 102 valence electrons. The Morgan fingerprint density at radius 1 is 1.21 bits per heavy atom. The molecule has 1 aliphatic heterocycles. The van der Waals surface area contributed by atoms with Gasteiger partial charge in [-0.25, -0.2) is 9.97 Å². The van der Waals surface area contributed by atoms with Crippen LogP contribution < -0.4 is 4.90 Å². The summed E-state index contributed by atoms with van der Waals surface area (Å²) in [5.41, 5.74) is 2.18. The fourth-order valence-corrected chi connectivity index (χ4v) is 3.31. The van der Waals surface area contributed by atoms with Crippen LogP contribution in [0.15, 0.2) is 6.33 Å². The highest BCUT2D eigenvalue weighted by atomic mass is 16.2. The van der Waals surface area contributed by atoms with E-state index in [4.69, 9.17) is 0 Å². The molecule has 1 aromatic heterocycles. The molecule has 1 amide bonds. The van der Waals surface area contributed by atoms with Gasteiger partial charge in [-0.15, -0.1) is 0 Å². The van der Waals surface area contributed by atoms with Crippen LogP contribution in [0.4, 0.5) is 5.82 Å². The largest absolute Gasteiger partial charge is 0.296 e. The van der Waals surface area contributed by atoms with Crippen LogP contribution >= 0.6 is 0 Å². The predicted octanol–water partition coefficient (Wildman–Crippen LogP) is 2.64. The average molecular weight is 259 g/mol. The van der Waals surface area contributed by atoms with Gasteiger partial charge in [0.2, 0.25) is 5.91 Å². The highest BCUT2D eigenvalue weighted by Gasteiger charge is 2.29. The molecule has 4 heteroatoms. The molecule has 19 heavy (non-hydrogen) atoms. The molecule has 0 N–H and O–H groups in total. The van der Waals surface area contributed by atoms with E-state index >= 15 is 0 Å². The van der Waals surface area contributed by atoms with Gasteiger partial charge in [0, 0.05) is 24.2 Å². The zero-order chi connectivity index (χ0) is 13.2. The standard InChI is InChI=1S/C15H21N3O/c1-11-13-7-8-14(19)18(15(13)17-10-16-11)9-12-5-3-2-4-6-12/h10,12H,2-9H2,1H3. The highest BCUT2D eigenvalue weighted by Crippen LogP contribution is 2.31. The number of hydrogen-bond acceptors (Lipinski definition) is 3. The molecule has 1 aliphatic carbocycles. The van der Waals surface area contributed by atoms with Gasteiger partial charge >= 0.3 is 0 Å². The van der Waals surface area contributed by atoms with Crippen LogP contribution in [-0.4, -0.2) is 22.4 Å². The van der Waals surface area contributed by atoms with E-state index in [9.17, 15) is 4.79 Å². The summed E-state index contributed by atoms with van der Waals surface area (Å²) < 4.78 is 0. The number of hydrogen-bond donors (Lipinski definition) is 0. The van der Waals surface area contributed by atoms with E-state index in [-0.39, 0.29) is 5.91 Å². The highest BCUT2D eigenvalue weighted by molar-refractivity contribution is 5.95. The van der Waals surface area contributed by atoms with E-state index in [1.54, 1.807) is 6.33 Å². The first-order valence-corrected chi connectivity index (χ1v) is 7.36. The third kappa shape index (κ3) is 2.48. The maximum atomic E-state index is 12.2. The van der Waals surface area contributed by atoms with Gasteiger partial charge in [-0.05, 0) is 32.1 Å². The zero-order valence-corrected chi connectivity index (χ0v) is 11.6. The fourth-order valence-electron chi connectivity index (χ4n) is 3.31. The van der Waals surface area contributed by atoms with Gasteiger partial charge in [-0.2, -0.15) is 0 Å². The minimum atomic E-state index is 0.233. The fraction of sp³-hybridized carbons (Fsp3) is 0.667. The maximum absolute atomic E-state index is 12.2. The lowest BCUT2D eigenvalue weighted by Crippen LogP contribution is -2.40. The van der Waals surface area contributed by atoms with Crippen molar-refractivity contribution in [1.29, 1.82) is 0 Å². The number of fused-ring (bicyclic) bond motifs is 1. The SMILES string of the molecule is Cc1ncnc2c1CCC(=O)N2CC1CCCCC1. The average Bonchev–Trinajstić information content (AvgIpc) is 2.43. The van der Waals surface area contributed by atoms with Crippen molar-refractivity contribution >= 4 is 11.7 Å². The van der Waals surface area contributed by atoms with E-state index in [0.29, 0.717) is 12.3 Å². The second kappa shape index (κ2) is 5.27. The summed E-state index contributed by atoms with van der Waals surface area (Å²) in [6.45, 7) is 2.86. The number of amides is 1. The summed E-state index contributed by atoms with van der Waals surface area (Å²) in [5.74, 6) is 1.75. The van der Waals surface area contributed by atoms with E-state index in [2.05, 4.69) is 9.97 Å². The third-order valence-corrected chi connectivity index (χ3v) is 4.45. The number of aromatic nitrogens is 2. The lowest BCUT2D eigenvalue weighted by Gasteiger charge is -2.33. The summed E-state index contributed by atoms with van der Waals surface area (Å²) in [5, 5.41) is 0. The lowest BCUT2D eigenvalue weighted by molar-refractivity contribution is -0.119. The van der Waals surface area contributed by atoms with E-state index in [0.717, 1.165) is 30.0 Å². The van der Waals surface area contributed by atoms with E-state index < -0.39 is 0 Å². The van der Waals surface area contributed by atoms with Gasteiger partial charge in [-0.1, -0.05) is 19.3 Å². The van der Waals surface area contributed by atoms with Gasteiger partial charge < -0.3 is 0 Å². The van der Waals surface area contributed by atoms with Gasteiger partial charge in [0.05, 0.1) is 0 Å². The van der Waals surface area contributed by atoms with E-state index in [1.165, 1.54) is 32.1 Å². The smallest absolute Gasteiger partial charge is 0.228 e. The summed E-state index contributed by atoms with van der Waals surface area (Å²) in [6.07, 6.45) is 9.45. The van der Waals surface area contributed by atoms with Crippen LogP contribution in [0.2, 0.25) is 0 Å². The Morgan fingerprint density at radius 3 is 2.79 bits per heavy atom. The van der Waals surface area contributed by atoms with E-state index in [1.807, 2.05) is 11.8 Å². The molecule has 0 saturated heterocycles. The van der Waals surface area contributed by atoms with Crippen molar-refractivity contribution in [3.63, 3.8) is 0 Å².